The molecule has 0 aliphatic carbocycles. The van der Waals surface area contributed by atoms with Crippen LogP contribution in [-0.2, 0) is 6.54 Å². The number of carbonyl (C=O) groups is 1. The number of amides is 1. The van der Waals surface area contributed by atoms with E-state index in [0.717, 1.165) is 22.6 Å². The van der Waals surface area contributed by atoms with E-state index in [0.29, 0.717) is 35.4 Å². The van der Waals surface area contributed by atoms with E-state index in [4.69, 9.17) is 9.84 Å². The van der Waals surface area contributed by atoms with Crippen molar-refractivity contribution in [3.05, 3.63) is 41.2 Å². The molecule has 1 amide bonds. The van der Waals surface area contributed by atoms with Crippen LogP contribution in [0.2, 0.25) is 0 Å². The van der Waals surface area contributed by atoms with E-state index >= 15 is 0 Å². The van der Waals surface area contributed by atoms with E-state index in [1.165, 1.54) is 11.3 Å². The first-order valence-corrected chi connectivity index (χ1v) is 10.9. The number of carbonyl (C=O) groups excluding carboxylic acids is 1. The second kappa shape index (κ2) is 7.33. The van der Waals surface area contributed by atoms with Gasteiger partial charge in [0.05, 0.1) is 42.8 Å². The Morgan fingerprint density at radius 3 is 3.00 bits per heavy atom. The lowest BCUT2D eigenvalue weighted by Gasteiger charge is -2.34. The van der Waals surface area contributed by atoms with Gasteiger partial charge < -0.3 is 25.2 Å². The maximum Gasteiger partial charge on any atom is 0.263 e. The molecule has 3 aromatic rings. The number of nitrogens with zero attached hydrogens (tertiary/aromatic N) is 4. The molecule has 162 valence electrons. The molecule has 2 aliphatic rings. The molecule has 1 unspecified atom stereocenters. The molecule has 3 N–H and O–H groups in total. The second-order valence-electron chi connectivity index (χ2n) is 8.19. The molecule has 9 nitrogen and oxygen atoms in total. The molecular formula is C21H23N5O4S. The third-order valence-electron chi connectivity index (χ3n) is 5.58. The first kappa shape index (κ1) is 20.0. The van der Waals surface area contributed by atoms with Gasteiger partial charge in [0.2, 0.25) is 0 Å². The molecule has 0 spiro atoms. The Bertz CT molecular complexity index is 1150. The molecule has 31 heavy (non-hydrogen) atoms. The summed E-state index contributed by atoms with van der Waals surface area (Å²) in [6, 6.07) is 5.89. The quantitative estimate of drug-likeness (QED) is 0.568. The molecule has 0 fully saturated rings. The van der Waals surface area contributed by atoms with Crippen molar-refractivity contribution in [2.24, 2.45) is 0 Å². The number of aliphatic hydroxyl groups excluding tert-OH is 2. The van der Waals surface area contributed by atoms with Crippen LogP contribution in [0.1, 0.15) is 35.3 Å². The van der Waals surface area contributed by atoms with Crippen LogP contribution in [0.3, 0.4) is 0 Å². The Kier molecular flexibility index (Phi) is 4.72. The van der Waals surface area contributed by atoms with E-state index < -0.39 is 11.6 Å². The van der Waals surface area contributed by atoms with Gasteiger partial charge in [0.25, 0.3) is 5.91 Å². The molecular weight excluding hydrogens is 418 g/mol. The number of nitrogens with one attached hydrogen (secondary N) is 1. The molecule has 2 aliphatic heterocycles. The van der Waals surface area contributed by atoms with Crippen LogP contribution < -0.4 is 15.0 Å². The van der Waals surface area contributed by atoms with Gasteiger partial charge in [-0.15, -0.1) is 0 Å². The van der Waals surface area contributed by atoms with Crippen LogP contribution in [0.25, 0.3) is 11.1 Å². The van der Waals surface area contributed by atoms with Gasteiger partial charge in [-0.2, -0.15) is 5.10 Å². The average molecular weight is 442 g/mol. The van der Waals surface area contributed by atoms with Gasteiger partial charge >= 0.3 is 0 Å². The highest BCUT2D eigenvalue weighted by molar-refractivity contribution is 7.17. The van der Waals surface area contributed by atoms with Gasteiger partial charge in [0, 0.05) is 11.8 Å². The monoisotopic (exact) mass is 441 g/mol. The molecule has 10 heteroatoms. The average Bonchev–Trinajstić information content (AvgIpc) is 3.39. The lowest BCUT2D eigenvalue weighted by molar-refractivity contribution is 0.0533. The van der Waals surface area contributed by atoms with Gasteiger partial charge in [0.15, 0.2) is 5.13 Å². The summed E-state index contributed by atoms with van der Waals surface area (Å²) in [5, 5.41) is 27.6. The summed E-state index contributed by atoms with van der Waals surface area (Å²) in [4.78, 5) is 19.7. The summed E-state index contributed by atoms with van der Waals surface area (Å²) >= 11 is 1.27. The largest absolute Gasteiger partial charge is 0.490 e. The SMILES string of the molecule is CC1(C)NC(=O)c2sc(N3CCOc4ccc(-c5cnn(CCO)c5)cc43)nc2C1O. The summed E-state index contributed by atoms with van der Waals surface area (Å²) in [6.45, 7) is 5.10. The first-order chi connectivity index (χ1) is 14.9. The van der Waals surface area contributed by atoms with Gasteiger partial charge in [-0.3, -0.25) is 9.48 Å². The second-order valence-corrected chi connectivity index (χ2v) is 9.16. The minimum absolute atomic E-state index is 0.0257. The Morgan fingerprint density at radius 2 is 2.19 bits per heavy atom. The number of thiazole rings is 1. The number of anilines is 2. The van der Waals surface area contributed by atoms with E-state index in [1.807, 2.05) is 29.3 Å². The van der Waals surface area contributed by atoms with E-state index in [1.54, 1.807) is 24.7 Å². The van der Waals surface area contributed by atoms with Crippen LogP contribution >= 0.6 is 11.3 Å². The summed E-state index contributed by atoms with van der Waals surface area (Å²) in [7, 11) is 0. The Hall–Kier alpha value is -2.95. The third kappa shape index (κ3) is 3.36. The number of aliphatic hydroxyl groups is 2. The molecule has 2 aromatic heterocycles. The normalized spacial score (nSPS) is 19.4. The van der Waals surface area contributed by atoms with Gasteiger partial charge in [-0.25, -0.2) is 4.98 Å². The Balaban J connectivity index is 1.53. The first-order valence-electron chi connectivity index (χ1n) is 10.1. The van der Waals surface area contributed by atoms with Crippen molar-refractivity contribution in [3.8, 4) is 16.9 Å². The fraction of sp³-hybridized carbons (Fsp3) is 0.381. The van der Waals surface area contributed by atoms with Crippen LogP contribution in [0.5, 0.6) is 5.75 Å². The number of aromatic nitrogens is 3. The summed E-state index contributed by atoms with van der Waals surface area (Å²) in [6.07, 6.45) is 2.77. The van der Waals surface area contributed by atoms with Gasteiger partial charge in [-0.1, -0.05) is 17.4 Å². The van der Waals surface area contributed by atoms with Crippen LogP contribution in [0.15, 0.2) is 30.6 Å². The van der Waals surface area contributed by atoms with Crippen molar-refractivity contribution in [2.75, 3.05) is 24.7 Å². The Morgan fingerprint density at radius 1 is 1.35 bits per heavy atom. The predicted octanol–water partition coefficient (Wildman–Crippen LogP) is 2.08. The van der Waals surface area contributed by atoms with Gasteiger partial charge in [-0.05, 0) is 31.5 Å². The van der Waals surface area contributed by atoms with E-state index in [9.17, 15) is 9.90 Å². The molecule has 5 rings (SSSR count). The summed E-state index contributed by atoms with van der Waals surface area (Å²) < 4.78 is 7.53. The van der Waals surface area contributed by atoms with Crippen molar-refractivity contribution in [3.63, 3.8) is 0 Å². The van der Waals surface area contributed by atoms with Crippen molar-refractivity contribution in [1.29, 1.82) is 0 Å². The molecule has 1 atom stereocenters. The highest BCUT2D eigenvalue weighted by Crippen LogP contribution is 2.44. The van der Waals surface area contributed by atoms with Crippen molar-refractivity contribution >= 4 is 28.1 Å². The lowest BCUT2D eigenvalue weighted by atomic mass is 9.91. The summed E-state index contributed by atoms with van der Waals surface area (Å²) in [5.41, 5.74) is 2.37. The minimum Gasteiger partial charge on any atom is -0.490 e. The number of hydrogen-bond acceptors (Lipinski definition) is 8. The minimum atomic E-state index is -0.880. The fourth-order valence-corrected chi connectivity index (χ4v) is 4.91. The number of hydrogen-bond donors (Lipinski definition) is 3. The highest BCUT2D eigenvalue weighted by Gasteiger charge is 2.42. The summed E-state index contributed by atoms with van der Waals surface area (Å²) in [5.74, 6) is 0.517. The molecule has 0 saturated heterocycles. The zero-order chi connectivity index (χ0) is 21.8. The smallest absolute Gasteiger partial charge is 0.263 e. The lowest BCUT2D eigenvalue weighted by Crippen LogP contribution is -2.51. The maximum absolute atomic E-state index is 12.6. The van der Waals surface area contributed by atoms with Gasteiger partial charge in [0.1, 0.15) is 23.3 Å². The van der Waals surface area contributed by atoms with Crippen LogP contribution in [0, 0.1) is 0 Å². The standard InChI is InChI=1S/C21H23N5O4S/c1-21(2)18(28)16-17(19(29)24-21)31-20(23-16)26-6-8-30-15-4-3-12(9-14(15)26)13-10-22-25(11-13)5-7-27/h3-4,9-11,18,27-28H,5-8H2,1-2H3,(H,24,29). The van der Waals surface area contributed by atoms with Crippen molar-refractivity contribution in [2.45, 2.75) is 32.0 Å². The van der Waals surface area contributed by atoms with Crippen LogP contribution in [-0.4, -0.2) is 56.2 Å². The molecule has 4 heterocycles. The molecule has 0 radical (unpaired) electrons. The fourth-order valence-electron chi connectivity index (χ4n) is 3.88. The van der Waals surface area contributed by atoms with Crippen molar-refractivity contribution < 1.29 is 19.7 Å². The zero-order valence-electron chi connectivity index (χ0n) is 17.2. The topological polar surface area (TPSA) is 113 Å². The van der Waals surface area contributed by atoms with Crippen LogP contribution in [0.4, 0.5) is 10.8 Å². The zero-order valence-corrected chi connectivity index (χ0v) is 18.0. The molecule has 1 aromatic carbocycles. The highest BCUT2D eigenvalue weighted by atomic mass is 32.1. The van der Waals surface area contributed by atoms with E-state index in [-0.39, 0.29) is 12.5 Å². The molecule has 0 saturated carbocycles. The molecule has 0 bridgehead atoms. The number of fused-ring (bicyclic) bond motifs is 2. The number of benzene rings is 1. The number of ether oxygens (including phenoxy) is 1. The van der Waals surface area contributed by atoms with Crippen molar-refractivity contribution in [1.82, 2.24) is 20.1 Å². The van der Waals surface area contributed by atoms with E-state index in [2.05, 4.69) is 15.4 Å². The number of rotatable bonds is 4. The Labute approximate surface area is 182 Å². The predicted molar refractivity (Wildman–Crippen MR) is 116 cm³/mol. The third-order valence-corrected chi connectivity index (χ3v) is 6.67. The maximum atomic E-state index is 12.6.